The molecule has 0 saturated heterocycles. The molecule has 1 fully saturated rings. The van der Waals surface area contributed by atoms with Crippen molar-refractivity contribution in [3.8, 4) is 5.75 Å². The molecule has 0 aromatic heterocycles. The minimum atomic E-state index is -0.604. The number of halogens is 1. The number of hydrogen-bond donors (Lipinski definition) is 2. The Bertz CT molecular complexity index is 460. The van der Waals surface area contributed by atoms with Crippen molar-refractivity contribution >= 4 is 21.6 Å². The third kappa shape index (κ3) is 2.76. The Morgan fingerprint density at radius 3 is 2.76 bits per heavy atom. The van der Waals surface area contributed by atoms with Gasteiger partial charge in [-0.2, -0.15) is 0 Å². The number of phenolic OH excluding ortho intramolecular Hbond substituents is 1. The fraction of sp³-hybridized carbons (Fsp3) is 0.455. The number of nitrogens with zero attached hydrogens (tertiary/aromatic N) is 1. The van der Waals surface area contributed by atoms with Gasteiger partial charge in [0, 0.05) is 22.1 Å². The van der Waals surface area contributed by atoms with Crippen molar-refractivity contribution in [2.24, 2.45) is 11.7 Å². The van der Waals surface area contributed by atoms with Gasteiger partial charge in [-0.1, -0.05) is 28.8 Å². The SMILES string of the molecule is N[C@H](CC1CC1)c1cc(Br)cc([N+](=O)[O-])c1O. The molecule has 1 aliphatic rings. The topological polar surface area (TPSA) is 89.4 Å². The lowest BCUT2D eigenvalue weighted by atomic mass is 10.0. The monoisotopic (exact) mass is 300 g/mol. The van der Waals surface area contributed by atoms with Crippen LogP contribution in [0.5, 0.6) is 5.75 Å². The highest BCUT2D eigenvalue weighted by molar-refractivity contribution is 9.10. The Morgan fingerprint density at radius 2 is 2.24 bits per heavy atom. The first-order valence-electron chi connectivity index (χ1n) is 5.41. The van der Waals surface area contributed by atoms with Gasteiger partial charge in [0.25, 0.3) is 0 Å². The second-order valence-electron chi connectivity index (χ2n) is 4.41. The molecule has 0 bridgehead atoms. The molecule has 2 rings (SSSR count). The molecule has 1 aromatic carbocycles. The Hall–Kier alpha value is -1.14. The standard InChI is InChI=1S/C11H13BrN2O3/c12-7-4-8(9(13)3-6-1-2-6)11(15)10(5-7)14(16)17/h4-6,9,15H,1-3,13H2/t9-/m1/s1. The van der Waals surface area contributed by atoms with Crippen LogP contribution in [0.2, 0.25) is 0 Å². The van der Waals surface area contributed by atoms with Gasteiger partial charge in [-0.15, -0.1) is 0 Å². The van der Waals surface area contributed by atoms with Crippen molar-refractivity contribution in [2.45, 2.75) is 25.3 Å². The number of aromatic hydroxyl groups is 1. The number of nitrogens with two attached hydrogens (primary N) is 1. The largest absolute Gasteiger partial charge is 0.502 e. The van der Waals surface area contributed by atoms with Crippen LogP contribution in [0.15, 0.2) is 16.6 Å². The molecule has 1 aromatic rings. The van der Waals surface area contributed by atoms with Gasteiger partial charge in [-0.25, -0.2) is 0 Å². The lowest BCUT2D eigenvalue weighted by Crippen LogP contribution is -2.11. The van der Waals surface area contributed by atoms with Crippen molar-refractivity contribution < 1.29 is 10.0 Å². The van der Waals surface area contributed by atoms with Crippen molar-refractivity contribution in [3.05, 3.63) is 32.3 Å². The van der Waals surface area contributed by atoms with Crippen LogP contribution < -0.4 is 5.73 Å². The second-order valence-corrected chi connectivity index (χ2v) is 5.32. The van der Waals surface area contributed by atoms with E-state index in [-0.39, 0.29) is 17.5 Å². The maximum atomic E-state index is 10.8. The summed E-state index contributed by atoms with van der Waals surface area (Å²) in [5.41, 5.74) is 6.11. The lowest BCUT2D eigenvalue weighted by molar-refractivity contribution is -0.386. The molecule has 0 spiro atoms. The Kier molecular flexibility index (Phi) is 3.35. The number of hydrogen-bond acceptors (Lipinski definition) is 4. The van der Waals surface area contributed by atoms with Crippen molar-refractivity contribution in [1.29, 1.82) is 0 Å². The molecule has 92 valence electrons. The van der Waals surface area contributed by atoms with Gasteiger partial charge >= 0.3 is 5.69 Å². The quantitative estimate of drug-likeness (QED) is 0.661. The summed E-state index contributed by atoms with van der Waals surface area (Å²) >= 11 is 3.19. The summed E-state index contributed by atoms with van der Waals surface area (Å²) in [6.45, 7) is 0. The summed E-state index contributed by atoms with van der Waals surface area (Å²) < 4.78 is 0.559. The van der Waals surface area contributed by atoms with Crippen LogP contribution in [0.1, 0.15) is 30.9 Å². The summed E-state index contributed by atoms with van der Waals surface area (Å²) in [6.07, 6.45) is 3.08. The highest BCUT2D eigenvalue weighted by Gasteiger charge is 2.28. The van der Waals surface area contributed by atoms with Gasteiger partial charge in [0.15, 0.2) is 5.75 Å². The van der Waals surface area contributed by atoms with E-state index in [4.69, 9.17) is 5.73 Å². The van der Waals surface area contributed by atoms with Crippen LogP contribution in [-0.2, 0) is 0 Å². The van der Waals surface area contributed by atoms with Crippen molar-refractivity contribution in [2.75, 3.05) is 0 Å². The first-order valence-corrected chi connectivity index (χ1v) is 6.20. The Balaban J connectivity index is 2.34. The van der Waals surface area contributed by atoms with Gasteiger partial charge in [0.1, 0.15) is 0 Å². The predicted molar refractivity (Wildman–Crippen MR) is 66.7 cm³/mol. The number of rotatable bonds is 4. The molecule has 0 amide bonds. The summed E-state index contributed by atoms with van der Waals surface area (Å²) in [5, 5.41) is 20.6. The van der Waals surface area contributed by atoms with Crippen LogP contribution >= 0.6 is 15.9 Å². The maximum Gasteiger partial charge on any atom is 0.312 e. The molecule has 5 nitrogen and oxygen atoms in total. The molecule has 1 atom stereocenters. The fourth-order valence-electron chi connectivity index (χ4n) is 1.87. The predicted octanol–water partition coefficient (Wildman–Crippen LogP) is 2.86. The lowest BCUT2D eigenvalue weighted by Gasteiger charge is -2.13. The smallest absolute Gasteiger partial charge is 0.312 e. The first kappa shape index (κ1) is 12.3. The first-order chi connectivity index (χ1) is 7.99. The number of benzene rings is 1. The van der Waals surface area contributed by atoms with Crippen LogP contribution in [0.3, 0.4) is 0 Å². The van der Waals surface area contributed by atoms with Crippen molar-refractivity contribution in [3.63, 3.8) is 0 Å². The molecule has 0 radical (unpaired) electrons. The van der Waals surface area contributed by atoms with E-state index in [2.05, 4.69) is 15.9 Å². The third-order valence-electron chi connectivity index (χ3n) is 2.96. The van der Waals surface area contributed by atoms with Gasteiger partial charge in [0.2, 0.25) is 0 Å². The van der Waals surface area contributed by atoms with Gasteiger partial charge in [0.05, 0.1) is 4.92 Å². The average molecular weight is 301 g/mol. The molecule has 0 aliphatic heterocycles. The van der Waals surface area contributed by atoms with E-state index in [0.29, 0.717) is 16.0 Å². The molecular weight excluding hydrogens is 288 g/mol. The Labute approximate surface area is 107 Å². The highest BCUT2D eigenvalue weighted by Crippen LogP contribution is 2.41. The summed E-state index contributed by atoms with van der Waals surface area (Å²) in [4.78, 5) is 10.2. The molecule has 0 heterocycles. The minimum absolute atomic E-state index is 0.305. The zero-order chi connectivity index (χ0) is 12.6. The molecule has 1 aliphatic carbocycles. The number of nitro groups is 1. The fourth-order valence-corrected chi connectivity index (χ4v) is 2.33. The molecular formula is C11H13BrN2O3. The van der Waals surface area contributed by atoms with E-state index in [1.165, 1.54) is 6.07 Å². The third-order valence-corrected chi connectivity index (χ3v) is 3.42. The van der Waals surface area contributed by atoms with E-state index in [1.807, 2.05) is 0 Å². The van der Waals surface area contributed by atoms with Gasteiger partial charge < -0.3 is 10.8 Å². The van der Waals surface area contributed by atoms with E-state index < -0.39 is 4.92 Å². The average Bonchev–Trinajstić information content (AvgIpc) is 3.04. The molecule has 6 heteroatoms. The van der Waals surface area contributed by atoms with Crippen LogP contribution in [0.25, 0.3) is 0 Å². The number of phenols is 1. The normalized spacial score (nSPS) is 16.8. The van der Waals surface area contributed by atoms with Crippen LogP contribution in [0, 0.1) is 16.0 Å². The van der Waals surface area contributed by atoms with E-state index in [0.717, 1.165) is 19.3 Å². The van der Waals surface area contributed by atoms with E-state index in [9.17, 15) is 15.2 Å². The van der Waals surface area contributed by atoms with Crippen LogP contribution in [-0.4, -0.2) is 10.0 Å². The highest BCUT2D eigenvalue weighted by atomic mass is 79.9. The second kappa shape index (κ2) is 4.62. The van der Waals surface area contributed by atoms with E-state index >= 15 is 0 Å². The van der Waals surface area contributed by atoms with Crippen molar-refractivity contribution in [1.82, 2.24) is 0 Å². The molecule has 1 saturated carbocycles. The zero-order valence-electron chi connectivity index (χ0n) is 9.10. The zero-order valence-corrected chi connectivity index (χ0v) is 10.7. The Morgan fingerprint density at radius 1 is 1.59 bits per heavy atom. The van der Waals surface area contributed by atoms with Gasteiger partial charge in [-0.05, 0) is 18.4 Å². The minimum Gasteiger partial charge on any atom is -0.502 e. The summed E-state index contributed by atoms with van der Waals surface area (Å²) in [6, 6.07) is 2.58. The van der Waals surface area contributed by atoms with E-state index in [1.54, 1.807) is 6.07 Å². The van der Waals surface area contributed by atoms with Gasteiger partial charge in [-0.3, -0.25) is 10.1 Å². The maximum absolute atomic E-state index is 10.8. The summed E-state index contributed by atoms with van der Waals surface area (Å²) in [7, 11) is 0. The summed E-state index contributed by atoms with van der Waals surface area (Å²) in [5.74, 6) is 0.286. The number of nitro benzene ring substituents is 1. The van der Waals surface area contributed by atoms with Crippen LogP contribution in [0.4, 0.5) is 5.69 Å². The molecule has 17 heavy (non-hydrogen) atoms. The molecule has 0 unspecified atom stereocenters. The molecule has 3 N–H and O–H groups in total.